The van der Waals surface area contributed by atoms with Crippen molar-refractivity contribution < 1.29 is 14.9 Å². The molecule has 0 aromatic heterocycles. The van der Waals surface area contributed by atoms with Gasteiger partial charge in [-0.2, -0.15) is 0 Å². The highest BCUT2D eigenvalue weighted by Gasteiger charge is 2.24. The molecular formula is C15H21ClO3. The lowest BCUT2D eigenvalue weighted by atomic mass is 10.1. The summed E-state index contributed by atoms with van der Waals surface area (Å²) in [7, 11) is 0. The first-order valence-electron chi connectivity index (χ1n) is 6.90. The Hall–Kier alpha value is -0.770. The van der Waals surface area contributed by atoms with Crippen LogP contribution in [0.1, 0.15) is 50.7 Å². The van der Waals surface area contributed by atoms with Gasteiger partial charge in [-0.05, 0) is 44.4 Å². The van der Waals surface area contributed by atoms with Crippen LogP contribution in [0.5, 0.6) is 5.75 Å². The molecular weight excluding hydrogens is 264 g/mol. The van der Waals surface area contributed by atoms with Crippen molar-refractivity contribution in [1.82, 2.24) is 0 Å². The molecule has 0 saturated heterocycles. The molecule has 1 aliphatic rings. The summed E-state index contributed by atoms with van der Waals surface area (Å²) in [6.45, 7) is 1.68. The van der Waals surface area contributed by atoms with Gasteiger partial charge in [0, 0.05) is 10.6 Å². The molecule has 1 fully saturated rings. The van der Waals surface area contributed by atoms with Crippen LogP contribution in [0.3, 0.4) is 0 Å². The third-order valence-corrected chi connectivity index (χ3v) is 3.85. The predicted molar refractivity (Wildman–Crippen MR) is 75.6 cm³/mol. The highest BCUT2D eigenvalue weighted by atomic mass is 35.5. The molecule has 1 aromatic carbocycles. The summed E-state index contributed by atoms with van der Waals surface area (Å²) in [6, 6.07) is 5.22. The van der Waals surface area contributed by atoms with Crippen molar-refractivity contribution >= 4 is 11.6 Å². The fourth-order valence-corrected chi connectivity index (χ4v) is 2.69. The number of hydrogen-bond donors (Lipinski definition) is 2. The number of rotatable bonds is 3. The number of benzene rings is 1. The van der Waals surface area contributed by atoms with E-state index in [9.17, 15) is 10.2 Å². The third-order valence-electron chi connectivity index (χ3n) is 3.62. The molecule has 1 aliphatic carbocycles. The van der Waals surface area contributed by atoms with Crippen LogP contribution >= 0.6 is 11.6 Å². The van der Waals surface area contributed by atoms with Crippen LogP contribution in [0.15, 0.2) is 18.2 Å². The van der Waals surface area contributed by atoms with E-state index in [1.165, 1.54) is 0 Å². The van der Waals surface area contributed by atoms with Gasteiger partial charge in [0.15, 0.2) is 0 Å². The van der Waals surface area contributed by atoms with Crippen molar-refractivity contribution in [2.45, 2.75) is 57.3 Å². The molecule has 0 radical (unpaired) electrons. The topological polar surface area (TPSA) is 49.7 Å². The lowest BCUT2D eigenvalue weighted by Crippen LogP contribution is -2.30. The highest BCUT2D eigenvalue weighted by Crippen LogP contribution is 2.31. The summed E-state index contributed by atoms with van der Waals surface area (Å²) in [6.07, 6.45) is 3.62. The standard InChI is InChI=1S/C15H21ClO3/c1-10(17)12-9-11(16)7-8-14(12)19-15-6-4-2-3-5-13(15)18/h7-10,13,15,17-18H,2-6H2,1H3. The molecule has 1 aromatic rings. The summed E-state index contributed by atoms with van der Waals surface area (Å²) in [4.78, 5) is 0. The molecule has 2 N–H and O–H groups in total. The molecule has 2 rings (SSSR count). The quantitative estimate of drug-likeness (QED) is 0.836. The first kappa shape index (κ1) is 14.6. The molecule has 19 heavy (non-hydrogen) atoms. The lowest BCUT2D eigenvalue weighted by Gasteiger charge is -2.24. The summed E-state index contributed by atoms with van der Waals surface area (Å²) in [5.74, 6) is 0.616. The fourth-order valence-electron chi connectivity index (χ4n) is 2.51. The van der Waals surface area contributed by atoms with Crippen molar-refractivity contribution in [3.05, 3.63) is 28.8 Å². The zero-order valence-corrected chi connectivity index (χ0v) is 11.9. The Bertz CT molecular complexity index is 420. The highest BCUT2D eigenvalue weighted by molar-refractivity contribution is 6.30. The van der Waals surface area contributed by atoms with Crippen LogP contribution in [0.4, 0.5) is 0 Å². The van der Waals surface area contributed by atoms with Gasteiger partial charge in [-0.15, -0.1) is 0 Å². The Balaban J connectivity index is 2.17. The van der Waals surface area contributed by atoms with Crippen molar-refractivity contribution in [2.75, 3.05) is 0 Å². The summed E-state index contributed by atoms with van der Waals surface area (Å²) in [5, 5.41) is 20.4. The van der Waals surface area contributed by atoms with Gasteiger partial charge in [-0.1, -0.05) is 24.4 Å². The summed E-state index contributed by atoms with van der Waals surface area (Å²) >= 11 is 5.94. The monoisotopic (exact) mass is 284 g/mol. The molecule has 106 valence electrons. The zero-order valence-electron chi connectivity index (χ0n) is 11.2. The molecule has 3 atom stereocenters. The van der Waals surface area contributed by atoms with E-state index in [0.717, 1.165) is 32.1 Å². The molecule has 3 nitrogen and oxygen atoms in total. The largest absolute Gasteiger partial charge is 0.487 e. The SMILES string of the molecule is CC(O)c1cc(Cl)ccc1OC1CCCCCC1O. The average Bonchev–Trinajstić information content (AvgIpc) is 2.57. The molecule has 4 heteroatoms. The van der Waals surface area contributed by atoms with Crippen LogP contribution in [-0.2, 0) is 0 Å². The van der Waals surface area contributed by atoms with Gasteiger partial charge in [0.1, 0.15) is 11.9 Å². The van der Waals surface area contributed by atoms with Crippen LogP contribution < -0.4 is 4.74 Å². The van der Waals surface area contributed by atoms with Crippen molar-refractivity contribution in [2.24, 2.45) is 0 Å². The number of ether oxygens (including phenoxy) is 1. The maximum atomic E-state index is 10.1. The summed E-state index contributed by atoms with van der Waals surface area (Å²) < 4.78 is 5.93. The van der Waals surface area contributed by atoms with Gasteiger partial charge in [0.25, 0.3) is 0 Å². The Morgan fingerprint density at radius 3 is 2.74 bits per heavy atom. The van der Waals surface area contributed by atoms with Crippen LogP contribution in [0.25, 0.3) is 0 Å². The number of aliphatic hydroxyl groups is 2. The minimum atomic E-state index is -0.642. The number of hydrogen-bond acceptors (Lipinski definition) is 3. The van der Waals surface area contributed by atoms with E-state index in [1.807, 2.05) is 0 Å². The predicted octanol–water partition coefficient (Wildman–Crippen LogP) is 3.47. The number of halogens is 1. The minimum Gasteiger partial charge on any atom is -0.487 e. The first-order chi connectivity index (χ1) is 9.08. The van der Waals surface area contributed by atoms with Crippen LogP contribution in [-0.4, -0.2) is 22.4 Å². The van der Waals surface area contributed by atoms with Crippen molar-refractivity contribution in [1.29, 1.82) is 0 Å². The second kappa shape index (κ2) is 6.60. The normalized spacial score (nSPS) is 25.7. The Morgan fingerprint density at radius 1 is 1.26 bits per heavy atom. The van der Waals surface area contributed by atoms with Crippen LogP contribution in [0, 0.1) is 0 Å². The van der Waals surface area contributed by atoms with Gasteiger partial charge < -0.3 is 14.9 Å². The Morgan fingerprint density at radius 2 is 2.00 bits per heavy atom. The maximum Gasteiger partial charge on any atom is 0.125 e. The van der Waals surface area contributed by atoms with E-state index in [2.05, 4.69) is 0 Å². The fraction of sp³-hybridized carbons (Fsp3) is 0.600. The van der Waals surface area contributed by atoms with Gasteiger partial charge in [-0.25, -0.2) is 0 Å². The molecule has 3 unspecified atom stereocenters. The molecule has 0 heterocycles. The van der Waals surface area contributed by atoms with Crippen molar-refractivity contribution in [3.63, 3.8) is 0 Å². The molecule has 0 amide bonds. The zero-order chi connectivity index (χ0) is 13.8. The van der Waals surface area contributed by atoms with Gasteiger partial charge >= 0.3 is 0 Å². The Labute approximate surface area is 119 Å². The van der Waals surface area contributed by atoms with Gasteiger partial charge in [0.2, 0.25) is 0 Å². The second-order valence-corrected chi connectivity index (χ2v) is 5.66. The van der Waals surface area contributed by atoms with E-state index in [1.54, 1.807) is 25.1 Å². The molecule has 0 bridgehead atoms. The molecule has 0 aliphatic heterocycles. The average molecular weight is 285 g/mol. The van der Waals surface area contributed by atoms with E-state index >= 15 is 0 Å². The van der Waals surface area contributed by atoms with Crippen LogP contribution in [0.2, 0.25) is 5.02 Å². The Kier molecular flexibility index (Phi) is 5.08. The van der Waals surface area contributed by atoms with Gasteiger partial charge in [0.05, 0.1) is 12.2 Å². The maximum absolute atomic E-state index is 10.1. The molecule has 0 spiro atoms. The first-order valence-corrected chi connectivity index (χ1v) is 7.28. The number of aliphatic hydroxyl groups excluding tert-OH is 2. The van der Waals surface area contributed by atoms with E-state index in [4.69, 9.17) is 16.3 Å². The van der Waals surface area contributed by atoms with E-state index in [0.29, 0.717) is 16.3 Å². The minimum absolute atomic E-state index is 0.193. The smallest absolute Gasteiger partial charge is 0.125 e. The molecule has 1 saturated carbocycles. The summed E-state index contributed by atoms with van der Waals surface area (Å²) in [5.41, 5.74) is 0.670. The van der Waals surface area contributed by atoms with E-state index in [-0.39, 0.29) is 6.10 Å². The van der Waals surface area contributed by atoms with Crippen molar-refractivity contribution in [3.8, 4) is 5.75 Å². The van der Waals surface area contributed by atoms with E-state index < -0.39 is 12.2 Å². The third kappa shape index (κ3) is 3.85. The lowest BCUT2D eigenvalue weighted by molar-refractivity contribution is 0.0299. The van der Waals surface area contributed by atoms with Gasteiger partial charge in [-0.3, -0.25) is 0 Å². The second-order valence-electron chi connectivity index (χ2n) is 5.22.